The topological polar surface area (TPSA) is 18.5 Å². The van der Waals surface area contributed by atoms with E-state index in [1.54, 1.807) is 6.07 Å². The zero-order chi connectivity index (χ0) is 16.1. The summed E-state index contributed by atoms with van der Waals surface area (Å²) in [5, 5.41) is 0. The summed E-state index contributed by atoms with van der Waals surface area (Å²) >= 11 is 1.67. The Balaban J connectivity index is 1.84. The molecular weight excluding hydrogens is 413 g/mol. The zero-order valence-corrected chi connectivity index (χ0v) is 15.6. The first-order valence-corrected chi connectivity index (χ1v) is 12.4. The summed E-state index contributed by atoms with van der Waals surface area (Å²) in [6.45, 7) is 0. The van der Waals surface area contributed by atoms with Crippen LogP contribution in [0.4, 0.5) is 8.78 Å². The van der Waals surface area contributed by atoms with E-state index in [9.17, 15) is 8.78 Å². The molecule has 22 heavy (non-hydrogen) atoms. The molecule has 2 rings (SSSR count). The molecule has 0 bridgehead atoms. The van der Waals surface area contributed by atoms with E-state index in [1.165, 1.54) is 30.3 Å². The van der Waals surface area contributed by atoms with Crippen LogP contribution in [0.25, 0.3) is 0 Å². The fourth-order valence-corrected chi connectivity index (χ4v) is 4.01. The van der Waals surface area contributed by atoms with Gasteiger partial charge in [-0.2, -0.15) is 0 Å². The zero-order valence-electron chi connectivity index (χ0n) is 11.9. The summed E-state index contributed by atoms with van der Waals surface area (Å²) in [5.41, 5.74) is 1.38. The van der Waals surface area contributed by atoms with Crippen LogP contribution in [0, 0.1) is 11.6 Å². The molecule has 0 unspecified atom stereocenters. The maximum absolute atomic E-state index is 13.0. The average Bonchev–Trinajstić information content (AvgIpc) is 2.45. The van der Waals surface area contributed by atoms with E-state index in [0.29, 0.717) is 26.9 Å². The van der Waals surface area contributed by atoms with Crippen LogP contribution in [0.2, 0.25) is 5.76 Å². The number of hydrogen-bond donors (Lipinski definition) is 0. The Morgan fingerprint density at radius 3 is 2.14 bits per heavy atom. The second kappa shape index (κ2) is 8.01. The van der Waals surface area contributed by atoms with Gasteiger partial charge in [-0.05, 0) is 0 Å². The number of halogens is 3. The molecule has 0 aromatic heterocycles. The first kappa shape index (κ1) is 17.3. The Morgan fingerprint density at radius 1 is 1.00 bits per heavy atom. The van der Waals surface area contributed by atoms with Crippen molar-refractivity contribution in [3.05, 3.63) is 52.5 Å². The van der Waals surface area contributed by atoms with Crippen LogP contribution < -0.4 is 14.9 Å². The molecule has 0 atom stereocenters. The third-order valence-electron chi connectivity index (χ3n) is 2.81. The molecule has 0 saturated heterocycles. The van der Waals surface area contributed by atoms with Gasteiger partial charge in [-0.3, -0.25) is 0 Å². The molecule has 0 amide bonds. The number of hydrogen-bond acceptors (Lipinski definition) is 2. The van der Waals surface area contributed by atoms with E-state index >= 15 is 0 Å². The van der Waals surface area contributed by atoms with Crippen LogP contribution in [-0.2, 0) is 0 Å². The summed E-state index contributed by atoms with van der Waals surface area (Å²) in [6.07, 6.45) is 0. The molecule has 0 fully saturated rings. The number of ether oxygens (including phenoxy) is 2. The van der Waals surface area contributed by atoms with E-state index in [4.69, 9.17) is 17.3 Å². The molecule has 0 aliphatic heterocycles. The molecule has 0 heterocycles. The molecule has 113 valence electrons. The van der Waals surface area contributed by atoms with Crippen molar-refractivity contribution in [2.75, 3.05) is 10.9 Å². The minimum absolute atomic E-state index is 0.285. The second-order valence-corrected chi connectivity index (χ2v) is 10.9. The van der Waals surface area contributed by atoms with Gasteiger partial charge in [0.25, 0.3) is 0 Å². The van der Waals surface area contributed by atoms with Gasteiger partial charge in [0.1, 0.15) is 0 Å². The van der Waals surface area contributed by atoms with Crippen molar-refractivity contribution < 1.29 is 18.3 Å². The molecule has 7 heteroatoms. The quantitative estimate of drug-likeness (QED) is 0.661. The van der Waals surface area contributed by atoms with E-state index in [0.717, 1.165) is 0 Å². The predicted octanol–water partition coefficient (Wildman–Crippen LogP) is 3.18. The van der Waals surface area contributed by atoms with Gasteiger partial charge >= 0.3 is 142 Å². The van der Waals surface area contributed by atoms with Crippen molar-refractivity contribution in [2.24, 2.45) is 0 Å². The van der Waals surface area contributed by atoms with Crippen molar-refractivity contribution in [1.82, 2.24) is 0 Å². The van der Waals surface area contributed by atoms with Crippen LogP contribution in [0.5, 0.6) is 11.5 Å². The Kier molecular flexibility index (Phi) is 6.32. The summed E-state index contributed by atoms with van der Waals surface area (Å²) in [4.78, 5) is 0. The maximum atomic E-state index is 13.0. The molecule has 2 aromatic rings. The Hall–Kier alpha value is -1.01. The Morgan fingerprint density at radius 2 is 1.55 bits per heavy atom. The molecular formula is C15H13BBrF2GeO2. The molecule has 2 nitrogen and oxygen atoms in total. The summed E-state index contributed by atoms with van der Waals surface area (Å²) < 4.78 is 37.8. The second-order valence-electron chi connectivity index (χ2n) is 4.79. The third kappa shape index (κ3) is 5.02. The summed E-state index contributed by atoms with van der Waals surface area (Å²) in [6, 6.07) is 8.37. The number of rotatable bonds is 6. The molecule has 0 saturated carbocycles. The van der Waals surface area contributed by atoms with Crippen molar-refractivity contribution in [3.63, 3.8) is 0 Å². The van der Waals surface area contributed by atoms with Crippen LogP contribution in [0.3, 0.4) is 0 Å². The molecule has 0 spiro atoms. The van der Waals surface area contributed by atoms with E-state index < -0.39 is 14.3 Å². The van der Waals surface area contributed by atoms with Gasteiger partial charge in [-0.1, -0.05) is 0 Å². The van der Waals surface area contributed by atoms with Gasteiger partial charge in [0.2, 0.25) is 0 Å². The van der Waals surface area contributed by atoms with Crippen LogP contribution in [0.15, 0.2) is 40.9 Å². The molecule has 0 aliphatic rings. The van der Waals surface area contributed by atoms with Crippen LogP contribution in [-0.4, -0.2) is 33.1 Å². The molecule has 0 N–H and O–H groups in total. The molecule has 0 aliphatic carbocycles. The van der Waals surface area contributed by atoms with Crippen molar-refractivity contribution >= 4 is 43.6 Å². The van der Waals surface area contributed by atoms with Crippen molar-refractivity contribution in [3.8, 4) is 11.5 Å². The molecule has 2 aromatic carbocycles. The summed E-state index contributed by atoms with van der Waals surface area (Å²) in [5.74, 6) is 2.49. The average molecular weight is 427 g/mol. The van der Waals surface area contributed by atoms with Gasteiger partial charge in [-0.15, -0.1) is 0 Å². The van der Waals surface area contributed by atoms with E-state index in [-0.39, 0.29) is 17.1 Å². The van der Waals surface area contributed by atoms with Gasteiger partial charge in [0.15, 0.2) is 0 Å². The third-order valence-corrected chi connectivity index (χ3v) is 6.11. The normalized spacial score (nSPS) is 10.8. The van der Waals surface area contributed by atoms with Crippen LogP contribution in [0.1, 0.15) is 0 Å². The van der Waals surface area contributed by atoms with Gasteiger partial charge < -0.3 is 0 Å². The van der Waals surface area contributed by atoms with Gasteiger partial charge in [0.05, 0.1) is 0 Å². The van der Waals surface area contributed by atoms with Crippen molar-refractivity contribution in [2.45, 2.75) is 5.76 Å². The Bertz CT molecular complexity index is 602. The fourth-order valence-electron chi connectivity index (χ4n) is 1.69. The minimum atomic E-state index is -1.59. The van der Waals surface area contributed by atoms with Gasteiger partial charge in [0, 0.05) is 0 Å². The van der Waals surface area contributed by atoms with Gasteiger partial charge in [-0.25, -0.2) is 0 Å². The molecule has 3 radical (unpaired) electrons. The summed E-state index contributed by atoms with van der Waals surface area (Å²) in [7, 11) is 5.69. The SMILES string of the molecule is [B]c1cc(F)ccc1O[CH2][Ge]([CH3])[CH2]Oc1ccc(F)cc1Br. The number of benzene rings is 2. The monoisotopic (exact) mass is 427 g/mol. The Labute approximate surface area is 142 Å². The van der Waals surface area contributed by atoms with Crippen molar-refractivity contribution in [1.29, 1.82) is 0 Å². The predicted molar refractivity (Wildman–Crippen MR) is 88.5 cm³/mol. The fraction of sp³-hybridized carbons (Fsp3) is 0.200. The first-order valence-electron chi connectivity index (χ1n) is 6.52. The first-order chi connectivity index (χ1) is 10.5. The van der Waals surface area contributed by atoms with Crippen LogP contribution >= 0.6 is 15.9 Å². The standard InChI is InChI=1S/C15H13BBrF2GeO2/c1-20(8-21-14-4-2-10(18)6-12(14)16)9-22-15-5-3-11(19)7-13(15)17/h2-7H,8-9H2,1H3. The van der Waals surface area contributed by atoms with E-state index in [1.807, 2.05) is 0 Å². The van der Waals surface area contributed by atoms with E-state index in [2.05, 4.69) is 21.7 Å².